The largest absolute Gasteiger partial charge is 0.394 e. The highest BCUT2D eigenvalue weighted by molar-refractivity contribution is 5.41. The molecular weight excluding hydrogens is 215 g/mol. The fourth-order valence-electron chi connectivity index (χ4n) is 1.01. The number of hydrogen-bond acceptors (Lipinski definition) is 6. The molecule has 0 spiro atoms. The Morgan fingerprint density at radius 1 is 1.50 bits per heavy atom. The number of nitrogens with one attached hydrogen (secondary N) is 2. The van der Waals surface area contributed by atoms with Gasteiger partial charge in [-0.3, -0.25) is 0 Å². The minimum atomic E-state index is -0.947. The zero-order chi connectivity index (χ0) is 12.0. The second-order valence-corrected chi connectivity index (χ2v) is 3.14. The summed E-state index contributed by atoms with van der Waals surface area (Å²) in [5.74, 6) is -0.296. The molecule has 0 bridgehead atoms. The number of halogens is 1. The zero-order valence-electron chi connectivity index (χ0n) is 8.94. The summed E-state index contributed by atoms with van der Waals surface area (Å²) >= 11 is 0. The van der Waals surface area contributed by atoms with Crippen molar-refractivity contribution in [1.29, 1.82) is 0 Å². The summed E-state index contributed by atoms with van der Waals surface area (Å²) in [4.78, 5) is 7.59. The van der Waals surface area contributed by atoms with Crippen molar-refractivity contribution in [1.82, 2.24) is 9.97 Å². The van der Waals surface area contributed by atoms with Gasteiger partial charge in [-0.05, 0) is 6.92 Å². The number of rotatable bonds is 6. The standard InChI is InChI=1S/C9H15FN4O2/c1-2-11-9-13-4-7(10)8(14-9)12-3-6(16)5-15/h4,6,15-16H,2-3,5H2,1H3,(H2,11,12,13,14). The third kappa shape index (κ3) is 3.59. The summed E-state index contributed by atoms with van der Waals surface area (Å²) in [6.45, 7) is 2.13. The van der Waals surface area contributed by atoms with Crippen LogP contribution in [-0.2, 0) is 0 Å². The summed E-state index contributed by atoms with van der Waals surface area (Å²) < 4.78 is 13.2. The first-order valence-corrected chi connectivity index (χ1v) is 4.96. The predicted octanol–water partition coefficient (Wildman–Crippen LogP) is -0.187. The molecule has 1 aromatic rings. The maximum Gasteiger partial charge on any atom is 0.224 e. The lowest BCUT2D eigenvalue weighted by atomic mass is 10.4. The van der Waals surface area contributed by atoms with Crippen molar-refractivity contribution >= 4 is 11.8 Å². The number of hydrogen-bond donors (Lipinski definition) is 4. The highest BCUT2D eigenvalue weighted by Gasteiger charge is 2.08. The molecule has 0 aromatic carbocycles. The van der Waals surface area contributed by atoms with Crippen LogP contribution in [0.4, 0.5) is 16.2 Å². The van der Waals surface area contributed by atoms with Crippen LogP contribution in [0.2, 0.25) is 0 Å². The van der Waals surface area contributed by atoms with Crippen molar-refractivity contribution in [3.63, 3.8) is 0 Å². The van der Waals surface area contributed by atoms with Crippen molar-refractivity contribution in [2.45, 2.75) is 13.0 Å². The third-order valence-corrected chi connectivity index (χ3v) is 1.79. The van der Waals surface area contributed by atoms with Gasteiger partial charge in [-0.25, -0.2) is 9.37 Å². The van der Waals surface area contributed by atoms with Crippen LogP contribution in [0.1, 0.15) is 6.92 Å². The van der Waals surface area contributed by atoms with Gasteiger partial charge in [0.05, 0.1) is 18.9 Å². The fourth-order valence-corrected chi connectivity index (χ4v) is 1.01. The maximum atomic E-state index is 13.2. The zero-order valence-corrected chi connectivity index (χ0v) is 8.94. The number of aliphatic hydroxyl groups is 2. The van der Waals surface area contributed by atoms with E-state index in [1.165, 1.54) is 0 Å². The van der Waals surface area contributed by atoms with Gasteiger partial charge in [0.25, 0.3) is 0 Å². The van der Waals surface area contributed by atoms with Crippen molar-refractivity contribution in [2.24, 2.45) is 0 Å². The highest BCUT2D eigenvalue weighted by Crippen LogP contribution is 2.11. The summed E-state index contributed by atoms with van der Waals surface area (Å²) in [5, 5.41) is 23.1. The maximum absolute atomic E-state index is 13.2. The summed E-state index contributed by atoms with van der Waals surface area (Å²) in [5.41, 5.74) is 0. The van der Waals surface area contributed by atoms with Crippen LogP contribution in [0.3, 0.4) is 0 Å². The minimum absolute atomic E-state index is 0.00144. The van der Waals surface area contributed by atoms with Crippen molar-refractivity contribution in [3.8, 4) is 0 Å². The molecule has 0 amide bonds. The summed E-state index contributed by atoms with van der Waals surface area (Å²) in [6, 6.07) is 0. The van der Waals surface area contributed by atoms with E-state index in [-0.39, 0.29) is 19.0 Å². The van der Waals surface area contributed by atoms with Gasteiger partial charge in [0, 0.05) is 13.1 Å². The van der Waals surface area contributed by atoms with E-state index in [2.05, 4.69) is 20.6 Å². The Bertz CT molecular complexity index is 337. The normalized spacial score (nSPS) is 12.2. The van der Waals surface area contributed by atoms with Crippen LogP contribution in [0.25, 0.3) is 0 Å². The average Bonchev–Trinajstić information content (AvgIpc) is 2.29. The van der Waals surface area contributed by atoms with Crippen LogP contribution in [0.5, 0.6) is 0 Å². The quantitative estimate of drug-likeness (QED) is 0.541. The van der Waals surface area contributed by atoms with Crippen molar-refractivity contribution < 1.29 is 14.6 Å². The van der Waals surface area contributed by atoms with Crippen molar-refractivity contribution in [2.75, 3.05) is 30.3 Å². The van der Waals surface area contributed by atoms with E-state index in [0.717, 1.165) is 6.20 Å². The Labute approximate surface area is 92.5 Å². The molecule has 16 heavy (non-hydrogen) atoms. The Hall–Kier alpha value is -1.47. The van der Waals surface area contributed by atoms with Gasteiger partial charge in [-0.15, -0.1) is 0 Å². The van der Waals surface area contributed by atoms with Gasteiger partial charge in [0.1, 0.15) is 0 Å². The molecule has 0 saturated carbocycles. The van der Waals surface area contributed by atoms with E-state index in [9.17, 15) is 4.39 Å². The molecule has 0 aliphatic rings. The molecule has 6 nitrogen and oxygen atoms in total. The van der Waals surface area contributed by atoms with E-state index in [1.807, 2.05) is 6.92 Å². The Morgan fingerprint density at radius 3 is 2.88 bits per heavy atom. The van der Waals surface area contributed by atoms with Crippen LogP contribution < -0.4 is 10.6 Å². The molecule has 0 radical (unpaired) electrons. The SMILES string of the molecule is CCNc1ncc(F)c(NCC(O)CO)n1. The van der Waals surface area contributed by atoms with E-state index in [1.54, 1.807) is 0 Å². The van der Waals surface area contributed by atoms with Crippen molar-refractivity contribution in [3.05, 3.63) is 12.0 Å². The molecule has 0 fully saturated rings. The van der Waals surface area contributed by atoms with Gasteiger partial charge in [-0.2, -0.15) is 4.98 Å². The van der Waals surface area contributed by atoms with Gasteiger partial charge in [0.2, 0.25) is 5.95 Å². The predicted molar refractivity (Wildman–Crippen MR) is 57.7 cm³/mol. The molecule has 1 aromatic heterocycles. The molecule has 0 saturated heterocycles. The minimum Gasteiger partial charge on any atom is -0.394 e. The Balaban J connectivity index is 2.66. The van der Waals surface area contributed by atoms with E-state index in [0.29, 0.717) is 12.5 Å². The lowest BCUT2D eigenvalue weighted by molar-refractivity contribution is 0.105. The van der Waals surface area contributed by atoms with Gasteiger partial charge in [-0.1, -0.05) is 0 Å². The smallest absolute Gasteiger partial charge is 0.224 e. The van der Waals surface area contributed by atoms with Gasteiger partial charge < -0.3 is 20.8 Å². The molecule has 0 aliphatic carbocycles. The van der Waals surface area contributed by atoms with E-state index < -0.39 is 11.9 Å². The first-order chi connectivity index (χ1) is 7.67. The lowest BCUT2D eigenvalue weighted by Gasteiger charge is -2.10. The lowest BCUT2D eigenvalue weighted by Crippen LogP contribution is -2.24. The van der Waals surface area contributed by atoms with Crippen LogP contribution in [0.15, 0.2) is 6.20 Å². The van der Waals surface area contributed by atoms with Crippen LogP contribution in [0, 0.1) is 5.82 Å². The topological polar surface area (TPSA) is 90.3 Å². The second kappa shape index (κ2) is 6.19. The van der Waals surface area contributed by atoms with E-state index >= 15 is 0 Å². The van der Waals surface area contributed by atoms with Gasteiger partial charge >= 0.3 is 0 Å². The monoisotopic (exact) mass is 230 g/mol. The summed E-state index contributed by atoms with van der Waals surface area (Å²) in [6.07, 6.45) is 0.0931. The molecular formula is C9H15FN4O2. The molecule has 1 heterocycles. The molecule has 1 unspecified atom stereocenters. The fraction of sp³-hybridized carbons (Fsp3) is 0.556. The Morgan fingerprint density at radius 2 is 2.25 bits per heavy atom. The first kappa shape index (κ1) is 12.6. The molecule has 1 rings (SSSR count). The van der Waals surface area contributed by atoms with E-state index in [4.69, 9.17) is 10.2 Å². The first-order valence-electron chi connectivity index (χ1n) is 4.96. The van der Waals surface area contributed by atoms with Crippen LogP contribution >= 0.6 is 0 Å². The number of anilines is 2. The molecule has 7 heteroatoms. The molecule has 1 atom stereocenters. The second-order valence-electron chi connectivity index (χ2n) is 3.14. The van der Waals surface area contributed by atoms with Gasteiger partial charge in [0.15, 0.2) is 11.6 Å². The Kier molecular flexibility index (Phi) is 4.87. The molecule has 0 aliphatic heterocycles. The summed E-state index contributed by atoms with van der Waals surface area (Å²) in [7, 11) is 0. The highest BCUT2D eigenvalue weighted by atomic mass is 19.1. The number of aromatic nitrogens is 2. The molecule has 4 N–H and O–H groups in total. The third-order valence-electron chi connectivity index (χ3n) is 1.79. The van der Waals surface area contributed by atoms with Crippen LogP contribution in [-0.4, -0.2) is 46.0 Å². The number of nitrogens with zero attached hydrogens (tertiary/aromatic N) is 2. The average molecular weight is 230 g/mol. The molecule has 90 valence electrons. The number of aliphatic hydroxyl groups excluding tert-OH is 2.